The first-order chi connectivity index (χ1) is 19.4. The van der Waals surface area contributed by atoms with Gasteiger partial charge in [0.05, 0.1) is 27.8 Å². The molecule has 3 aromatic carbocycles. The molecule has 1 saturated carbocycles. The highest BCUT2D eigenvalue weighted by Crippen LogP contribution is 2.34. The predicted octanol–water partition coefficient (Wildman–Crippen LogP) is 6.10. The van der Waals surface area contributed by atoms with Crippen molar-refractivity contribution >= 4 is 51.3 Å². The lowest BCUT2D eigenvalue weighted by atomic mass is 9.88. The van der Waals surface area contributed by atoms with Gasteiger partial charge in [-0.15, -0.1) is 0 Å². The topological polar surface area (TPSA) is 94.8 Å². The number of hydrogen-bond acceptors (Lipinski definition) is 6. The molecular weight excluding hydrogens is 626 g/mol. The van der Waals surface area contributed by atoms with Crippen LogP contribution < -0.4 is 20.3 Å². The maximum absolute atomic E-state index is 13.5. The first-order valence-electron chi connectivity index (χ1n) is 13.0. The van der Waals surface area contributed by atoms with Gasteiger partial charge in [-0.25, -0.2) is 9.37 Å². The van der Waals surface area contributed by atoms with Gasteiger partial charge in [-0.2, -0.15) is 9.78 Å². The van der Waals surface area contributed by atoms with E-state index in [-0.39, 0.29) is 18.1 Å². The van der Waals surface area contributed by atoms with Crippen LogP contribution in [0.5, 0.6) is 11.5 Å². The van der Waals surface area contributed by atoms with Crippen LogP contribution in [0.4, 0.5) is 10.1 Å². The van der Waals surface area contributed by atoms with Crippen LogP contribution in [0.15, 0.2) is 70.6 Å². The van der Waals surface area contributed by atoms with Gasteiger partial charge < -0.3 is 14.8 Å². The zero-order chi connectivity index (χ0) is 28.1. The molecule has 1 N–H and O–H groups in total. The molecule has 1 aliphatic carbocycles. The van der Waals surface area contributed by atoms with Gasteiger partial charge in [-0.1, -0.05) is 37.5 Å². The van der Waals surface area contributed by atoms with Crippen molar-refractivity contribution in [2.45, 2.75) is 38.0 Å². The predicted molar refractivity (Wildman–Crippen MR) is 161 cm³/mol. The largest absolute Gasteiger partial charge is 0.493 e. The van der Waals surface area contributed by atoms with Crippen LogP contribution >= 0.6 is 22.6 Å². The molecule has 0 spiro atoms. The fourth-order valence-electron chi connectivity index (χ4n) is 4.86. The standard InChI is InChI=1S/C30H28FIN4O4/c1-39-26-15-19(14-24(32)28(26)40-18-27(37)34-22-11-7-10-21(31)16-22)17-33-36-29(20-8-3-2-4-9-20)35-25-13-6-5-12-23(25)30(36)38/h5-7,10-17,20H,2-4,8-9,18H2,1H3,(H,34,37). The van der Waals surface area contributed by atoms with Crippen molar-refractivity contribution in [2.24, 2.45) is 5.10 Å². The van der Waals surface area contributed by atoms with Gasteiger partial charge in [0.15, 0.2) is 18.1 Å². The summed E-state index contributed by atoms with van der Waals surface area (Å²) in [5.41, 5.74) is 1.51. The van der Waals surface area contributed by atoms with Crippen molar-refractivity contribution in [3.05, 3.63) is 91.8 Å². The molecule has 0 radical (unpaired) electrons. The molecule has 5 rings (SSSR count). The lowest BCUT2D eigenvalue weighted by molar-refractivity contribution is -0.118. The molecule has 1 amide bonds. The Morgan fingerprint density at radius 2 is 1.95 bits per heavy atom. The van der Waals surface area contributed by atoms with Crippen molar-refractivity contribution in [1.82, 2.24) is 9.66 Å². The number of ether oxygens (including phenoxy) is 2. The number of halogens is 2. The van der Waals surface area contributed by atoms with Gasteiger partial charge in [0.25, 0.3) is 11.5 Å². The van der Waals surface area contributed by atoms with Crippen molar-refractivity contribution < 1.29 is 18.7 Å². The van der Waals surface area contributed by atoms with Crippen LogP contribution in [0.2, 0.25) is 0 Å². The highest BCUT2D eigenvalue weighted by atomic mass is 127. The molecule has 0 atom stereocenters. The number of nitrogens with one attached hydrogen (secondary N) is 1. The Bertz CT molecular complexity index is 1630. The summed E-state index contributed by atoms with van der Waals surface area (Å²) < 4.78 is 26.8. The minimum atomic E-state index is -0.445. The molecule has 40 heavy (non-hydrogen) atoms. The highest BCUT2D eigenvalue weighted by molar-refractivity contribution is 14.1. The van der Waals surface area contributed by atoms with Crippen LogP contribution in [0, 0.1) is 9.39 Å². The second-order valence-electron chi connectivity index (χ2n) is 9.56. The van der Waals surface area contributed by atoms with E-state index in [9.17, 15) is 14.0 Å². The number of methoxy groups -OCH3 is 1. The summed E-state index contributed by atoms with van der Waals surface area (Å²) in [6.45, 7) is -0.292. The minimum Gasteiger partial charge on any atom is -0.493 e. The summed E-state index contributed by atoms with van der Waals surface area (Å²) in [5.74, 6) is 0.774. The number of amides is 1. The molecule has 8 nitrogen and oxygen atoms in total. The normalized spacial score (nSPS) is 14.0. The van der Waals surface area contributed by atoms with Crippen LogP contribution in [0.3, 0.4) is 0 Å². The number of carbonyl (C=O) groups is 1. The van der Waals surface area contributed by atoms with Crippen molar-refractivity contribution in [3.8, 4) is 11.5 Å². The van der Waals surface area contributed by atoms with E-state index in [1.807, 2.05) is 24.3 Å². The van der Waals surface area contributed by atoms with E-state index >= 15 is 0 Å². The number of aromatic nitrogens is 2. The van der Waals surface area contributed by atoms with E-state index in [2.05, 4.69) is 33.0 Å². The number of hydrogen-bond donors (Lipinski definition) is 1. The van der Waals surface area contributed by atoms with Crippen LogP contribution in [0.25, 0.3) is 10.9 Å². The molecule has 1 heterocycles. The molecular formula is C30H28FIN4O4. The quantitative estimate of drug-likeness (QED) is 0.183. The second kappa shape index (κ2) is 12.6. The highest BCUT2D eigenvalue weighted by Gasteiger charge is 2.22. The molecule has 206 valence electrons. The Hall–Kier alpha value is -3.80. The smallest absolute Gasteiger partial charge is 0.282 e. The monoisotopic (exact) mass is 654 g/mol. The third-order valence-electron chi connectivity index (χ3n) is 6.78. The summed E-state index contributed by atoms with van der Waals surface area (Å²) in [4.78, 5) is 30.7. The molecule has 1 aliphatic rings. The van der Waals surface area contributed by atoms with E-state index < -0.39 is 11.7 Å². The fraction of sp³-hybridized carbons (Fsp3) is 0.267. The van der Waals surface area contributed by atoms with Crippen molar-refractivity contribution in [3.63, 3.8) is 0 Å². The first kappa shape index (κ1) is 27.8. The molecule has 1 aromatic heterocycles. The zero-order valence-electron chi connectivity index (χ0n) is 21.9. The molecule has 1 fully saturated rings. The number of anilines is 1. The number of fused-ring (bicyclic) bond motifs is 1. The third kappa shape index (κ3) is 6.33. The maximum Gasteiger partial charge on any atom is 0.282 e. The molecule has 10 heteroatoms. The Kier molecular flexibility index (Phi) is 8.73. The first-order valence-corrected chi connectivity index (χ1v) is 14.1. The van der Waals surface area contributed by atoms with E-state index in [1.54, 1.807) is 24.4 Å². The van der Waals surface area contributed by atoms with E-state index in [0.29, 0.717) is 43.0 Å². The molecule has 4 aromatic rings. The lowest BCUT2D eigenvalue weighted by Gasteiger charge is -2.22. The molecule has 0 aliphatic heterocycles. The van der Waals surface area contributed by atoms with Gasteiger partial charge >= 0.3 is 0 Å². The Labute approximate surface area is 244 Å². The number of rotatable bonds is 8. The van der Waals surface area contributed by atoms with E-state index in [4.69, 9.17) is 14.5 Å². The average molecular weight is 654 g/mol. The third-order valence-corrected chi connectivity index (χ3v) is 7.58. The Balaban J connectivity index is 1.40. The number of carbonyl (C=O) groups excluding carboxylic acids is 1. The Morgan fingerprint density at radius 3 is 2.73 bits per heavy atom. The van der Waals surface area contributed by atoms with Crippen LogP contribution in [-0.2, 0) is 4.79 Å². The summed E-state index contributed by atoms with van der Waals surface area (Å²) in [7, 11) is 1.50. The molecule has 0 unspecified atom stereocenters. The van der Waals surface area contributed by atoms with Crippen molar-refractivity contribution in [1.29, 1.82) is 0 Å². The fourth-order valence-corrected chi connectivity index (χ4v) is 5.64. The summed E-state index contributed by atoms with van der Waals surface area (Å²) >= 11 is 2.10. The van der Waals surface area contributed by atoms with Gasteiger partial charge in [-0.3, -0.25) is 9.59 Å². The minimum absolute atomic E-state index is 0.173. The van der Waals surface area contributed by atoms with E-state index in [1.165, 1.54) is 36.4 Å². The van der Waals surface area contributed by atoms with Gasteiger partial charge in [-0.05, 0) is 83.5 Å². The number of nitrogens with zero attached hydrogens (tertiary/aromatic N) is 3. The maximum atomic E-state index is 13.5. The number of para-hydroxylation sites is 1. The molecule has 0 bridgehead atoms. The lowest BCUT2D eigenvalue weighted by Crippen LogP contribution is -2.25. The zero-order valence-corrected chi connectivity index (χ0v) is 24.1. The number of benzene rings is 3. The summed E-state index contributed by atoms with van der Waals surface area (Å²) in [6.07, 6.45) is 6.96. The molecule has 0 saturated heterocycles. The summed E-state index contributed by atoms with van der Waals surface area (Å²) in [5, 5.41) is 7.72. The Morgan fingerprint density at radius 1 is 1.15 bits per heavy atom. The summed E-state index contributed by atoms with van der Waals surface area (Å²) in [6, 6.07) is 16.5. The van der Waals surface area contributed by atoms with Gasteiger partial charge in [0, 0.05) is 11.6 Å². The van der Waals surface area contributed by atoms with Crippen molar-refractivity contribution in [2.75, 3.05) is 19.0 Å². The van der Waals surface area contributed by atoms with E-state index in [0.717, 1.165) is 25.7 Å². The van der Waals surface area contributed by atoms with Gasteiger partial charge in [0.2, 0.25) is 0 Å². The SMILES string of the molecule is COc1cc(C=Nn2c(C3CCCCC3)nc3ccccc3c2=O)cc(I)c1OCC(=O)Nc1cccc(F)c1. The van der Waals surface area contributed by atoms with Crippen LogP contribution in [-0.4, -0.2) is 35.5 Å². The average Bonchev–Trinajstić information content (AvgIpc) is 2.96. The van der Waals surface area contributed by atoms with Gasteiger partial charge in [0.1, 0.15) is 11.6 Å². The van der Waals surface area contributed by atoms with Crippen LogP contribution in [0.1, 0.15) is 49.4 Å². The second-order valence-corrected chi connectivity index (χ2v) is 10.7.